The summed E-state index contributed by atoms with van der Waals surface area (Å²) in [6.45, 7) is 8.01. The Hall–Kier alpha value is -0.540. The molecule has 0 aromatic heterocycles. The molecular formula is C14H18Cl2N2. The first-order valence-electron chi connectivity index (χ1n) is 6.22. The standard InChI is InChI=1S/C14H18Cl2N2/c1-2-3-14(18-6-4-17-5-7-18)11-8-12(15)10-13(16)9-11/h2,8-10,14,17H,1,3-7H2/t14-/m0/s1. The van der Waals surface area contributed by atoms with Crippen LogP contribution >= 0.6 is 23.2 Å². The van der Waals surface area contributed by atoms with Crippen molar-refractivity contribution in [2.45, 2.75) is 12.5 Å². The average molecular weight is 285 g/mol. The van der Waals surface area contributed by atoms with Gasteiger partial charge in [0.1, 0.15) is 0 Å². The Bertz CT molecular complexity index is 394. The summed E-state index contributed by atoms with van der Waals surface area (Å²) in [4.78, 5) is 2.46. The van der Waals surface area contributed by atoms with E-state index in [9.17, 15) is 0 Å². The second kappa shape index (κ2) is 6.58. The van der Waals surface area contributed by atoms with Crippen molar-refractivity contribution in [1.82, 2.24) is 10.2 Å². The average Bonchev–Trinajstić information content (AvgIpc) is 2.36. The number of benzene rings is 1. The quantitative estimate of drug-likeness (QED) is 0.852. The number of rotatable bonds is 4. The highest BCUT2D eigenvalue weighted by molar-refractivity contribution is 6.34. The lowest BCUT2D eigenvalue weighted by molar-refractivity contribution is 0.174. The van der Waals surface area contributed by atoms with Gasteiger partial charge in [0.05, 0.1) is 0 Å². The van der Waals surface area contributed by atoms with Gasteiger partial charge in [-0.25, -0.2) is 0 Å². The smallest absolute Gasteiger partial charge is 0.0424 e. The fraction of sp³-hybridized carbons (Fsp3) is 0.429. The maximum Gasteiger partial charge on any atom is 0.0424 e. The van der Waals surface area contributed by atoms with Crippen LogP contribution in [0.4, 0.5) is 0 Å². The van der Waals surface area contributed by atoms with E-state index in [1.807, 2.05) is 18.2 Å². The van der Waals surface area contributed by atoms with Crippen molar-refractivity contribution >= 4 is 23.2 Å². The molecule has 1 aromatic carbocycles. The van der Waals surface area contributed by atoms with Crippen molar-refractivity contribution < 1.29 is 0 Å². The first-order chi connectivity index (χ1) is 8.70. The maximum absolute atomic E-state index is 6.09. The number of hydrogen-bond donors (Lipinski definition) is 1. The van der Waals surface area contributed by atoms with Crippen LogP contribution in [0.25, 0.3) is 0 Å². The highest BCUT2D eigenvalue weighted by Gasteiger charge is 2.21. The Balaban J connectivity index is 2.24. The molecule has 1 heterocycles. The monoisotopic (exact) mass is 284 g/mol. The van der Waals surface area contributed by atoms with Crippen molar-refractivity contribution in [2.24, 2.45) is 0 Å². The van der Waals surface area contributed by atoms with Crippen LogP contribution in [0.1, 0.15) is 18.0 Å². The molecule has 1 saturated heterocycles. The fourth-order valence-electron chi connectivity index (χ4n) is 2.42. The highest BCUT2D eigenvalue weighted by atomic mass is 35.5. The second-order valence-corrected chi connectivity index (χ2v) is 5.40. The van der Waals surface area contributed by atoms with Crippen molar-refractivity contribution in [3.63, 3.8) is 0 Å². The van der Waals surface area contributed by atoms with Gasteiger partial charge in [-0.05, 0) is 30.2 Å². The van der Waals surface area contributed by atoms with Crippen LogP contribution in [-0.4, -0.2) is 31.1 Å². The lowest BCUT2D eigenvalue weighted by Gasteiger charge is -2.35. The molecule has 1 aromatic rings. The Morgan fingerprint density at radius 2 is 1.83 bits per heavy atom. The first-order valence-corrected chi connectivity index (χ1v) is 6.98. The molecule has 0 amide bonds. The second-order valence-electron chi connectivity index (χ2n) is 4.53. The molecule has 1 N–H and O–H groups in total. The number of hydrogen-bond acceptors (Lipinski definition) is 2. The van der Waals surface area contributed by atoms with Crippen molar-refractivity contribution in [3.05, 3.63) is 46.5 Å². The zero-order valence-electron chi connectivity index (χ0n) is 10.3. The van der Waals surface area contributed by atoms with Gasteiger partial charge in [0.25, 0.3) is 0 Å². The minimum Gasteiger partial charge on any atom is -0.314 e. The minimum atomic E-state index is 0.320. The van der Waals surface area contributed by atoms with Gasteiger partial charge >= 0.3 is 0 Å². The Kier molecular flexibility index (Phi) is 5.07. The third kappa shape index (κ3) is 3.48. The zero-order valence-corrected chi connectivity index (χ0v) is 11.8. The van der Waals surface area contributed by atoms with Crippen LogP contribution in [0.15, 0.2) is 30.9 Å². The lowest BCUT2D eigenvalue weighted by Crippen LogP contribution is -2.45. The van der Waals surface area contributed by atoms with E-state index in [2.05, 4.69) is 16.8 Å². The summed E-state index contributed by atoms with van der Waals surface area (Å²) >= 11 is 12.2. The third-order valence-electron chi connectivity index (χ3n) is 3.25. The highest BCUT2D eigenvalue weighted by Crippen LogP contribution is 2.29. The minimum absolute atomic E-state index is 0.320. The van der Waals surface area contributed by atoms with Gasteiger partial charge in [0, 0.05) is 42.3 Å². The van der Waals surface area contributed by atoms with Crippen LogP contribution < -0.4 is 5.32 Å². The number of halogens is 2. The predicted octanol–water partition coefficient (Wildman–Crippen LogP) is 3.52. The van der Waals surface area contributed by atoms with E-state index in [0.29, 0.717) is 16.1 Å². The molecule has 0 aliphatic carbocycles. The SMILES string of the molecule is C=CC[C@@H](c1cc(Cl)cc(Cl)c1)N1CCNCC1. The molecule has 1 aliphatic heterocycles. The van der Waals surface area contributed by atoms with Gasteiger partial charge in [0.2, 0.25) is 0 Å². The molecule has 2 nitrogen and oxygen atoms in total. The van der Waals surface area contributed by atoms with Crippen LogP contribution in [-0.2, 0) is 0 Å². The van der Waals surface area contributed by atoms with Crippen LogP contribution in [0, 0.1) is 0 Å². The predicted molar refractivity (Wildman–Crippen MR) is 78.5 cm³/mol. The summed E-state index contributed by atoms with van der Waals surface area (Å²) in [5.41, 5.74) is 1.18. The third-order valence-corrected chi connectivity index (χ3v) is 3.69. The van der Waals surface area contributed by atoms with Gasteiger partial charge in [-0.15, -0.1) is 6.58 Å². The summed E-state index contributed by atoms with van der Waals surface area (Å²) in [5.74, 6) is 0. The van der Waals surface area contributed by atoms with Gasteiger partial charge < -0.3 is 5.32 Å². The van der Waals surface area contributed by atoms with Crippen LogP contribution in [0.5, 0.6) is 0 Å². The molecule has 0 bridgehead atoms. The normalized spacial score (nSPS) is 18.6. The number of nitrogens with zero attached hydrogens (tertiary/aromatic N) is 1. The van der Waals surface area contributed by atoms with E-state index in [4.69, 9.17) is 23.2 Å². The molecule has 18 heavy (non-hydrogen) atoms. The molecule has 0 unspecified atom stereocenters. The van der Waals surface area contributed by atoms with Gasteiger partial charge in [0.15, 0.2) is 0 Å². The molecule has 0 radical (unpaired) electrons. The van der Waals surface area contributed by atoms with E-state index in [1.54, 1.807) is 6.07 Å². The van der Waals surface area contributed by atoms with E-state index < -0.39 is 0 Å². The van der Waals surface area contributed by atoms with Crippen molar-refractivity contribution in [2.75, 3.05) is 26.2 Å². The van der Waals surface area contributed by atoms with Gasteiger partial charge in [-0.2, -0.15) is 0 Å². The van der Waals surface area contributed by atoms with Crippen molar-refractivity contribution in [1.29, 1.82) is 0 Å². The fourth-order valence-corrected chi connectivity index (χ4v) is 2.96. The first kappa shape index (κ1) is 13.9. The van der Waals surface area contributed by atoms with E-state index >= 15 is 0 Å². The van der Waals surface area contributed by atoms with E-state index in [-0.39, 0.29) is 0 Å². The molecule has 98 valence electrons. The molecule has 4 heteroatoms. The summed E-state index contributed by atoms with van der Waals surface area (Å²) < 4.78 is 0. The topological polar surface area (TPSA) is 15.3 Å². The Morgan fingerprint density at radius 1 is 1.22 bits per heavy atom. The Morgan fingerprint density at radius 3 is 2.39 bits per heavy atom. The maximum atomic E-state index is 6.09. The summed E-state index contributed by atoms with van der Waals surface area (Å²) in [6, 6.07) is 6.10. The van der Waals surface area contributed by atoms with E-state index in [0.717, 1.165) is 32.6 Å². The van der Waals surface area contributed by atoms with E-state index in [1.165, 1.54) is 5.56 Å². The molecule has 2 rings (SSSR count). The summed E-state index contributed by atoms with van der Waals surface area (Å²) in [5, 5.41) is 4.76. The van der Waals surface area contributed by atoms with Crippen LogP contribution in [0.3, 0.4) is 0 Å². The largest absolute Gasteiger partial charge is 0.314 e. The molecule has 1 atom stereocenters. The van der Waals surface area contributed by atoms with Gasteiger partial charge in [-0.3, -0.25) is 4.90 Å². The molecular weight excluding hydrogens is 267 g/mol. The van der Waals surface area contributed by atoms with Crippen molar-refractivity contribution in [3.8, 4) is 0 Å². The van der Waals surface area contributed by atoms with Crippen LogP contribution in [0.2, 0.25) is 10.0 Å². The molecule has 1 aliphatic rings. The van der Waals surface area contributed by atoms with Gasteiger partial charge in [-0.1, -0.05) is 29.3 Å². The zero-order chi connectivity index (χ0) is 13.0. The molecule has 1 fully saturated rings. The molecule has 0 spiro atoms. The lowest BCUT2D eigenvalue weighted by atomic mass is 10.0. The molecule has 0 saturated carbocycles. The Labute approximate surface area is 119 Å². The summed E-state index contributed by atoms with van der Waals surface area (Å²) in [6.07, 6.45) is 2.87. The summed E-state index contributed by atoms with van der Waals surface area (Å²) in [7, 11) is 0. The number of nitrogens with one attached hydrogen (secondary N) is 1. The number of piperazine rings is 1.